The van der Waals surface area contributed by atoms with Crippen LogP contribution in [-0.2, 0) is 25.7 Å². The Kier molecular flexibility index (Phi) is 7.78. The van der Waals surface area contributed by atoms with Crippen molar-refractivity contribution in [3.63, 3.8) is 0 Å². The lowest BCUT2D eigenvalue weighted by molar-refractivity contribution is -0.190. The molecule has 6 nitrogen and oxygen atoms in total. The van der Waals surface area contributed by atoms with Crippen molar-refractivity contribution in [2.75, 3.05) is 6.54 Å². The first kappa shape index (κ1) is 32.5. The third-order valence-electron chi connectivity index (χ3n) is 14.8. The molecule has 1 aromatic rings. The molecule has 6 heteroatoms. The monoisotopic (exact) mass is 616 g/mol. The van der Waals surface area contributed by atoms with Gasteiger partial charge in [-0.1, -0.05) is 77.4 Å². The number of hydrogen-bond acceptors (Lipinski definition) is 5. The zero-order valence-electron chi connectivity index (χ0n) is 28.8. The van der Waals surface area contributed by atoms with Gasteiger partial charge in [0.15, 0.2) is 5.78 Å². The van der Waals surface area contributed by atoms with Crippen LogP contribution in [0, 0.1) is 50.2 Å². The highest BCUT2D eigenvalue weighted by molar-refractivity contribution is 5.95. The summed E-state index contributed by atoms with van der Waals surface area (Å²) in [6.45, 7) is 16.7. The fraction of sp³-hybridized carbons (Fsp3) is 0.718. The molecule has 0 bridgehead atoms. The van der Waals surface area contributed by atoms with Crippen molar-refractivity contribution >= 4 is 17.7 Å². The van der Waals surface area contributed by atoms with E-state index in [0.29, 0.717) is 18.3 Å². The van der Waals surface area contributed by atoms with Gasteiger partial charge in [0.25, 0.3) is 0 Å². The van der Waals surface area contributed by atoms with Crippen molar-refractivity contribution < 1.29 is 19.1 Å². The van der Waals surface area contributed by atoms with Gasteiger partial charge in [-0.15, -0.1) is 0 Å². The van der Waals surface area contributed by atoms with Crippen LogP contribution in [0.3, 0.4) is 0 Å². The minimum Gasteiger partial charge on any atom is -0.460 e. The molecule has 0 radical (unpaired) electrons. The Bertz CT molecular complexity index is 1400. The number of amides is 1. The molecular formula is C39H56N2O4. The van der Waals surface area contributed by atoms with Gasteiger partial charge in [-0.2, -0.15) is 0 Å². The van der Waals surface area contributed by atoms with Crippen molar-refractivity contribution in [1.29, 1.82) is 0 Å². The summed E-state index contributed by atoms with van der Waals surface area (Å²) in [4.78, 5) is 40.7. The third kappa shape index (κ3) is 4.78. The Labute approximate surface area is 270 Å². The molecule has 1 amide bonds. The molecule has 246 valence electrons. The average Bonchev–Trinajstić information content (AvgIpc) is 2.99. The number of rotatable bonds is 5. The minimum atomic E-state index is -0.571. The van der Waals surface area contributed by atoms with Gasteiger partial charge in [0, 0.05) is 12.0 Å². The first-order valence-electron chi connectivity index (χ1n) is 17.5. The van der Waals surface area contributed by atoms with E-state index in [1.807, 2.05) is 30.3 Å². The zero-order valence-corrected chi connectivity index (χ0v) is 28.8. The molecule has 0 spiro atoms. The summed E-state index contributed by atoms with van der Waals surface area (Å²) in [6.07, 6.45) is 10.7. The van der Waals surface area contributed by atoms with Crippen LogP contribution in [0.5, 0.6) is 0 Å². The minimum absolute atomic E-state index is 0.00348. The summed E-state index contributed by atoms with van der Waals surface area (Å²) < 4.78 is 5.94. The molecule has 5 aliphatic carbocycles. The molecule has 0 aromatic heterocycles. The van der Waals surface area contributed by atoms with Crippen LogP contribution in [0.4, 0.5) is 0 Å². The molecule has 6 rings (SSSR count). The fourth-order valence-electron chi connectivity index (χ4n) is 11.8. The predicted octanol–water partition coefficient (Wildman–Crippen LogP) is 7.15. The molecule has 9 atom stereocenters. The largest absolute Gasteiger partial charge is 0.460 e. The molecule has 0 saturated heterocycles. The van der Waals surface area contributed by atoms with Crippen LogP contribution in [0.25, 0.3) is 0 Å². The van der Waals surface area contributed by atoms with Gasteiger partial charge in [0.05, 0.1) is 12.0 Å². The topological polar surface area (TPSA) is 98.5 Å². The SMILES string of the molecule is CC1(C)[C@@H](NC(=O)CN)CC[C@]2(C)[C@H]3C(=O)C=C4[C@@H]5C[C@@](C)(C(=O)OCc6ccccc6)CC[C@]5(C)CC[C@@]4(C)[C@]3(C)CC[C@@H]12. The van der Waals surface area contributed by atoms with Gasteiger partial charge in [0.1, 0.15) is 6.61 Å². The molecule has 1 aromatic carbocycles. The predicted molar refractivity (Wildman–Crippen MR) is 177 cm³/mol. The Morgan fingerprint density at radius 2 is 1.60 bits per heavy atom. The van der Waals surface area contributed by atoms with Crippen LogP contribution in [0.2, 0.25) is 0 Å². The number of fused-ring (bicyclic) bond motifs is 7. The second-order valence-electron chi connectivity index (χ2n) is 17.5. The van der Waals surface area contributed by atoms with Gasteiger partial charge in [-0.3, -0.25) is 14.4 Å². The van der Waals surface area contributed by atoms with Crippen molar-refractivity contribution in [3.8, 4) is 0 Å². The molecule has 5 aliphatic rings. The van der Waals surface area contributed by atoms with Crippen molar-refractivity contribution in [1.82, 2.24) is 5.32 Å². The number of ether oxygens (including phenoxy) is 1. The Hall–Kier alpha value is -2.47. The van der Waals surface area contributed by atoms with Gasteiger partial charge < -0.3 is 15.8 Å². The number of ketones is 1. The lowest BCUT2D eigenvalue weighted by atomic mass is 9.33. The molecule has 0 heterocycles. The summed E-state index contributed by atoms with van der Waals surface area (Å²) in [5.41, 5.74) is 6.95. The summed E-state index contributed by atoms with van der Waals surface area (Å²) in [5, 5.41) is 3.23. The van der Waals surface area contributed by atoms with Crippen LogP contribution in [-0.4, -0.2) is 30.2 Å². The lowest BCUT2D eigenvalue weighted by Gasteiger charge is -2.70. The van der Waals surface area contributed by atoms with Gasteiger partial charge >= 0.3 is 5.97 Å². The van der Waals surface area contributed by atoms with E-state index in [0.717, 1.165) is 63.4 Å². The second-order valence-corrected chi connectivity index (χ2v) is 17.5. The number of carbonyl (C=O) groups is 3. The number of nitrogens with one attached hydrogen (secondary N) is 1. The number of nitrogens with two attached hydrogens (primary N) is 1. The lowest BCUT2D eigenvalue weighted by Crippen LogP contribution is -2.68. The summed E-state index contributed by atoms with van der Waals surface area (Å²) >= 11 is 0. The fourth-order valence-corrected chi connectivity index (χ4v) is 11.8. The van der Waals surface area contributed by atoms with E-state index in [1.165, 1.54) is 5.57 Å². The molecular weight excluding hydrogens is 560 g/mol. The maximum absolute atomic E-state index is 14.7. The van der Waals surface area contributed by atoms with Crippen LogP contribution < -0.4 is 11.1 Å². The third-order valence-corrected chi connectivity index (χ3v) is 14.8. The molecule has 0 unspecified atom stereocenters. The molecule has 4 fully saturated rings. The van der Waals surface area contributed by atoms with Crippen molar-refractivity contribution in [2.45, 2.75) is 119 Å². The van der Waals surface area contributed by atoms with E-state index in [9.17, 15) is 14.4 Å². The second kappa shape index (κ2) is 10.8. The van der Waals surface area contributed by atoms with Crippen molar-refractivity contribution in [3.05, 3.63) is 47.5 Å². The summed E-state index contributed by atoms with van der Waals surface area (Å²) in [5.74, 6) is 0.540. The van der Waals surface area contributed by atoms with E-state index < -0.39 is 5.41 Å². The summed E-state index contributed by atoms with van der Waals surface area (Å²) in [6, 6.07) is 9.97. The normalized spacial score (nSPS) is 43.5. The quantitative estimate of drug-likeness (QED) is 0.342. The molecule has 45 heavy (non-hydrogen) atoms. The van der Waals surface area contributed by atoms with Gasteiger partial charge in [-0.05, 0) is 115 Å². The maximum Gasteiger partial charge on any atom is 0.312 e. The Balaban J connectivity index is 1.31. The number of carbonyl (C=O) groups excluding carboxylic acids is 3. The highest BCUT2D eigenvalue weighted by Crippen LogP contribution is 2.75. The molecule has 4 saturated carbocycles. The Morgan fingerprint density at radius 1 is 0.911 bits per heavy atom. The number of hydrogen-bond donors (Lipinski definition) is 2. The first-order valence-corrected chi connectivity index (χ1v) is 17.5. The average molecular weight is 617 g/mol. The first-order chi connectivity index (χ1) is 21.0. The van der Waals surface area contributed by atoms with Crippen molar-refractivity contribution in [2.24, 2.45) is 56.0 Å². The van der Waals surface area contributed by atoms with E-state index >= 15 is 0 Å². The smallest absolute Gasteiger partial charge is 0.312 e. The van der Waals surface area contributed by atoms with Gasteiger partial charge in [0.2, 0.25) is 5.91 Å². The summed E-state index contributed by atoms with van der Waals surface area (Å²) in [7, 11) is 0. The van der Waals surface area contributed by atoms with Crippen LogP contribution >= 0.6 is 0 Å². The molecule has 0 aliphatic heterocycles. The highest BCUT2D eigenvalue weighted by atomic mass is 16.5. The van der Waals surface area contributed by atoms with E-state index in [-0.39, 0.29) is 63.4 Å². The number of esters is 1. The van der Waals surface area contributed by atoms with E-state index in [4.69, 9.17) is 10.5 Å². The zero-order chi connectivity index (χ0) is 32.6. The highest BCUT2D eigenvalue weighted by Gasteiger charge is 2.70. The van der Waals surface area contributed by atoms with Crippen LogP contribution in [0.15, 0.2) is 42.0 Å². The maximum atomic E-state index is 14.7. The number of allylic oxidation sites excluding steroid dienone is 2. The van der Waals surface area contributed by atoms with E-state index in [2.05, 4.69) is 59.9 Å². The van der Waals surface area contributed by atoms with E-state index in [1.54, 1.807) is 0 Å². The standard InChI is InChI=1S/C39H56N2O4/c1-34(2)29-13-16-39(7)32(37(29,5)15-14-30(34)41-31(43)23-40)28(42)21-26-27-22-36(4,18-17-35(27,3)19-20-38(26,39)6)33(44)45-24-25-11-9-8-10-12-25/h8-12,21,27,29-30,32H,13-20,22-24,40H2,1-7H3,(H,41,43)/t27-,29-,30-,32+,35+,36-,37-,38+,39+/m0/s1. The molecule has 3 N–H and O–H groups in total. The Morgan fingerprint density at radius 3 is 2.29 bits per heavy atom. The van der Waals surface area contributed by atoms with Crippen LogP contribution in [0.1, 0.15) is 112 Å². The van der Waals surface area contributed by atoms with Gasteiger partial charge in [-0.25, -0.2) is 0 Å². The number of benzene rings is 1.